The Hall–Kier alpha value is -1.40. The predicted octanol–water partition coefficient (Wildman–Crippen LogP) is 1.97. The van der Waals surface area contributed by atoms with Crippen molar-refractivity contribution in [3.05, 3.63) is 17.5 Å². The van der Waals surface area contributed by atoms with Crippen LogP contribution in [0.1, 0.15) is 50.9 Å². The molecule has 0 radical (unpaired) electrons. The maximum Gasteiger partial charge on any atom is 0.223 e. The monoisotopic (exact) mass is 360 g/mol. The van der Waals surface area contributed by atoms with Crippen molar-refractivity contribution >= 4 is 5.91 Å². The number of nitrogens with one attached hydrogen (secondary N) is 1. The van der Waals surface area contributed by atoms with Crippen molar-refractivity contribution in [2.75, 3.05) is 26.2 Å². The number of hydrogen-bond donors (Lipinski definition) is 1. The van der Waals surface area contributed by atoms with Gasteiger partial charge in [-0.3, -0.25) is 14.4 Å². The third kappa shape index (κ3) is 3.96. The van der Waals surface area contributed by atoms with Gasteiger partial charge in [0.2, 0.25) is 5.91 Å². The molecule has 1 atom stereocenters. The summed E-state index contributed by atoms with van der Waals surface area (Å²) in [6.07, 6.45) is 5.73. The van der Waals surface area contributed by atoms with Gasteiger partial charge >= 0.3 is 0 Å². The highest BCUT2D eigenvalue weighted by Crippen LogP contribution is 2.33. The smallest absolute Gasteiger partial charge is 0.223 e. The van der Waals surface area contributed by atoms with Crippen LogP contribution < -0.4 is 5.32 Å². The van der Waals surface area contributed by atoms with Crippen LogP contribution in [0.3, 0.4) is 0 Å². The van der Waals surface area contributed by atoms with E-state index in [-0.39, 0.29) is 17.4 Å². The molecular weight excluding hydrogens is 328 g/mol. The van der Waals surface area contributed by atoms with E-state index in [0.29, 0.717) is 19.1 Å². The number of amides is 1. The maximum absolute atomic E-state index is 12.2. The lowest BCUT2D eigenvalue weighted by molar-refractivity contribution is -0.133. The van der Waals surface area contributed by atoms with Crippen LogP contribution in [-0.2, 0) is 29.0 Å². The number of fused-ring (bicyclic) bond motifs is 1. The Morgan fingerprint density at radius 2 is 2.23 bits per heavy atom. The number of nitrogens with zero attached hydrogens (tertiary/aromatic N) is 3. The van der Waals surface area contributed by atoms with Gasteiger partial charge in [0.15, 0.2) is 0 Å². The van der Waals surface area contributed by atoms with E-state index in [1.165, 1.54) is 24.2 Å². The zero-order chi connectivity index (χ0) is 18.1. The molecule has 2 aliphatic heterocycles. The van der Waals surface area contributed by atoms with Gasteiger partial charge < -0.3 is 10.1 Å². The molecule has 1 aliphatic carbocycles. The summed E-state index contributed by atoms with van der Waals surface area (Å²) in [5.74, 6) is 1.11. The van der Waals surface area contributed by atoms with E-state index in [0.717, 1.165) is 45.4 Å². The fourth-order valence-corrected chi connectivity index (χ4v) is 4.58. The van der Waals surface area contributed by atoms with Crippen molar-refractivity contribution in [1.82, 2.24) is 20.0 Å². The van der Waals surface area contributed by atoms with E-state index >= 15 is 0 Å². The van der Waals surface area contributed by atoms with Crippen molar-refractivity contribution in [3.63, 3.8) is 0 Å². The Morgan fingerprint density at radius 1 is 1.38 bits per heavy atom. The quantitative estimate of drug-likeness (QED) is 0.872. The Morgan fingerprint density at radius 3 is 3.00 bits per heavy atom. The molecule has 3 aliphatic rings. The van der Waals surface area contributed by atoms with E-state index in [4.69, 9.17) is 9.84 Å². The van der Waals surface area contributed by atoms with E-state index < -0.39 is 0 Å². The van der Waals surface area contributed by atoms with Crippen LogP contribution in [0.25, 0.3) is 0 Å². The van der Waals surface area contributed by atoms with Crippen LogP contribution in [-0.4, -0.2) is 52.4 Å². The van der Waals surface area contributed by atoms with Crippen molar-refractivity contribution in [2.45, 2.75) is 64.6 Å². The molecule has 0 bridgehead atoms. The number of rotatable bonds is 5. The Kier molecular flexibility index (Phi) is 5.06. The van der Waals surface area contributed by atoms with Gasteiger partial charge in [0.25, 0.3) is 0 Å². The molecule has 1 amide bonds. The van der Waals surface area contributed by atoms with Crippen molar-refractivity contribution in [3.8, 4) is 0 Å². The first-order valence-electron chi connectivity index (χ1n) is 10.2. The Balaban J connectivity index is 1.30. The zero-order valence-corrected chi connectivity index (χ0v) is 16.2. The van der Waals surface area contributed by atoms with Crippen LogP contribution >= 0.6 is 0 Å². The number of ether oxygens (including phenoxy) is 1. The van der Waals surface area contributed by atoms with Gasteiger partial charge in [-0.15, -0.1) is 0 Å². The third-order valence-corrected chi connectivity index (χ3v) is 6.15. The normalized spacial score (nSPS) is 31.9. The summed E-state index contributed by atoms with van der Waals surface area (Å²) >= 11 is 0. The van der Waals surface area contributed by atoms with Crippen LogP contribution in [0.5, 0.6) is 0 Å². The van der Waals surface area contributed by atoms with E-state index in [2.05, 4.69) is 34.8 Å². The molecule has 1 aromatic heterocycles. The van der Waals surface area contributed by atoms with E-state index in [1.54, 1.807) is 0 Å². The lowest BCUT2D eigenvalue weighted by Crippen LogP contribution is -2.56. The SMILES string of the molecule is CC1CC(C(=O)NCC2(C)CN(Cc3cc4n(n3)CCCC4)CCO2)C1. The third-order valence-electron chi connectivity index (χ3n) is 6.15. The van der Waals surface area contributed by atoms with Gasteiger partial charge in [-0.25, -0.2) is 0 Å². The molecule has 26 heavy (non-hydrogen) atoms. The molecule has 1 aromatic rings. The first-order chi connectivity index (χ1) is 12.5. The van der Waals surface area contributed by atoms with Gasteiger partial charge in [-0.1, -0.05) is 6.92 Å². The lowest BCUT2D eigenvalue weighted by atomic mass is 9.75. The van der Waals surface area contributed by atoms with Gasteiger partial charge in [0.05, 0.1) is 17.9 Å². The minimum atomic E-state index is -0.317. The van der Waals surface area contributed by atoms with Gasteiger partial charge in [-0.2, -0.15) is 5.10 Å². The summed E-state index contributed by atoms with van der Waals surface area (Å²) in [7, 11) is 0. The molecule has 2 fully saturated rings. The average Bonchev–Trinajstić information content (AvgIpc) is 2.99. The van der Waals surface area contributed by atoms with Crippen molar-refractivity contribution in [2.24, 2.45) is 11.8 Å². The summed E-state index contributed by atoms with van der Waals surface area (Å²) < 4.78 is 8.21. The number of carbonyl (C=O) groups is 1. The molecule has 6 heteroatoms. The van der Waals surface area contributed by atoms with E-state index in [1.807, 2.05) is 0 Å². The standard InChI is InChI=1S/C20H32N4O2/c1-15-9-16(10-15)19(25)21-13-20(2)14-23(7-8-26-20)12-17-11-18-5-3-4-6-24(18)22-17/h11,15-16H,3-10,12-14H2,1-2H3,(H,21,25). The highest BCUT2D eigenvalue weighted by Gasteiger charge is 2.36. The fraction of sp³-hybridized carbons (Fsp3) is 0.800. The van der Waals surface area contributed by atoms with Crippen LogP contribution in [0.15, 0.2) is 6.07 Å². The van der Waals surface area contributed by atoms with Crippen molar-refractivity contribution < 1.29 is 9.53 Å². The number of carbonyl (C=O) groups excluding carboxylic acids is 1. The number of aryl methyl sites for hydroxylation is 2. The number of hydrogen-bond acceptors (Lipinski definition) is 4. The molecule has 1 saturated heterocycles. The molecule has 0 aromatic carbocycles. The van der Waals surface area contributed by atoms with Gasteiger partial charge in [0.1, 0.15) is 0 Å². The maximum atomic E-state index is 12.2. The molecular formula is C20H32N4O2. The minimum absolute atomic E-state index is 0.201. The summed E-state index contributed by atoms with van der Waals surface area (Å²) in [5, 5.41) is 7.91. The van der Waals surface area contributed by atoms with Crippen molar-refractivity contribution in [1.29, 1.82) is 0 Å². The molecule has 1 N–H and O–H groups in total. The molecule has 3 heterocycles. The predicted molar refractivity (Wildman–Crippen MR) is 99.7 cm³/mol. The van der Waals surface area contributed by atoms with Gasteiger partial charge in [-0.05, 0) is 51.0 Å². The molecule has 0 spiro atoms. The molecule has 1 unspecified atom stereocenters. The first-order valence-corrected chi connectivity index (χ1v) is 10.2. The number of aromatic nitrogens is 2. The molecule has 6 nitrogen and oxygen atoms in total. The highest BCUT2D eigenvalue weighted by molar-refractivity contribution is 5.79. The highest BCUT2D eigenvalue weighted by atomic mass is 16.5. The van der Waals surface area contributed by atoms with Crippen LogP contribution in [0.2, 0.25) is 0 Å². The minimum Gasteiger partial charge on any atom is -0.371 e. The summed E-state index contributed by atoms with van der Waals surface area (Å²) in [5.41, 5.74) is 2.23. The summed E-state index contributed by atoms with van der Waals surface area (Å²) in [6.45, 7) is 9.30. The molecule has 144 valence electrons. The van der Waals surface area contributed by atoms with Gasteiger partial charge in [0, 0.05) is 44.3 Å². The fourth-order valence-electron chi connectivity index (χ4n) is 4.58. The first kappa shape index (κ1) is 18.0. The van der Waals surface area contributed by atoms with Crippen LogP contribution in [0.4, 0.5) is 0 Å². The average molecular weight is 361 g/mol. The second-order valence-electron chi connectivity index (χ2n) is 8.81. The topological polar surface area (TPSA) is 59.4 Å². The molecule has 1 saturated carbocycles. The second kappa shape index (κ2) is 7.31. The Bertz CT molecular complexity index is 629. The summed E-state index contributed by atoms with van der Waals surface area (Å²) in [6, 6.07) is 2.27. The Labute approximate surface area is 156 Å². The molecule has 4 rings (SSSR count). The largest absolute Gasteiger partial charge is 0.371 e. The lowest BCUT2D eigenvalue weighted by Gasteiger charge is -2.41. The zero-order valence-electron chi connectivity index (χ0n) is 16.2. The number of morpholine rings is 1. The second-order valence-corrected chi connectivity index (χ2v) is 8.81. The van der Waals surface area contributed by atoms with Crippen LogP contribution in [0, 0.1) is 11.8 Å². The summed E-state index contributed by atoms with van der Waals surface area (Å²) in [4.78, 5) is 14.7. The van der Waals surface area contributed by atoms with E-state index in [9.17, 15) is 4.79 Å².